The zero-order valence-electron chi connectivity index (χ0n) is 17.5. The van der Waals surface area contributed by atoms with Crippen molar-refractivity contribution in [2.45, 2.75) is 53.6 Å². The molecule has 1 aromatic carbocycles. The van der Waals surface area contributed by atoms with E-state index in [0.29, 0.717) is 6.54 Å². The summed E-state index contributed by atoms with van der Waals surface area (Å²) in [4.78, 5) is 20.9. The fraction of sp³-hybridized carbons (Fsp3) is 0.409. The van der Waals surface area contributed by atoms with Crippen LogP contribution in [0.1, 0.15) is 43.5 Å². The zero-order chi connectivity index (χ0) is 20.5. The SMILES string of the molecule is Cc1cc2c(nc(C)n2-c2ccc(CCNC(=O)OC(C)(C)C)cc2)c(C)n1. The van der Waals surface area contributed by atoms with Crippen LogP contribution in [0.15, 0.2) is 30.3 Å². The number of fused-ring (bicyclic) bond motifs is 1. The summed E-state index contributed by atoms with van der Waals surface area (Å²) in [6.45, 7) is 12.1. The number of aryl methyl sites for hydroxylation is 3. The molecule has 2 aromatic heterocycles. The van der Waals surface area contributed by atoms with Gasteiger partial charge in [0.25, 0.3) is 0 Å². The van der Waals surface area contributed by atoms with Gasteiger partial charge in [-0.1, -0.05) is 12.1 Å². The number of hydrogen-bond donors (Lipinski definition) is 1. The highest BCUT2D eigenvalue weighted by atomic mass is 16.6. The Morgan fingerprint density at radius 2 is 1.79 bits per heavy atom. The second kappa shape index (κ2) is 7.62. The van der Waals surface area contributed by atoms with Crippen molar-refractivity contribution in [3.8, 4) is 5.69 Å². The highest BCUT2D eigenvalue weighted by Gasteiger charge is 2.15. The number of benzene rings is 1. The van der Waals surface area contributed by atoms with Gasteiger partial charge in [0, 0.05) is 17.9 Å². The van der Waals surface area contributed by atoms with Crippen molar-refractivity contribution >= 4 is 17.1 Å². The number of ether oxygens (including phenoxy) is 1. The lowest BCUT2D eigenvalue weighted by Gasteiger charge is -2.19. The molecule has 0 radical (unpaired) electrons. The van der Waals surface area contributed by atoms with Gasteiger partial charge in [0.05, 0.1) is 11.2 Å². The van der Waals surface area contributed by atoms with Gasteiger partial charge in [-0.15, -0.1) is 0 Å². The number of carbonyl (C=O) groups is 1. The minimum atomic E-state index is -0.483. The molecular weight excluding hydrogens is 352 g/mol. The van der Waals surface area contributed by atoms with Crippen LogP contribution in [0.5, 0.6) is 0 Å². The van der Waals surface area contributed by atoms with E-state index >= 15 is 0 Å². The molecule has 0 aliphatic carbocycles. The number of hydrogen-bond acceptors (Lipinski definition) is 4. The molecule has 0 atom stereocenters. The molecule has 1 N–H and O–H groups in total. The number of nitrogens with one attached hydrogen (secondary N) is 1. The molecular formula is C22H28N4O2. The Balaban J connectivity index is 1.72. The van der Waals surface area contributed by atoms with Crippen LogP contribution in [0.2, 0.25) is 0 Å². The Bertz CT molecular complexity index is 998. The first-order chi connectivity index (χ1) is 13.1. The first-order valence-corrected chi connectivity index (χ1v) is 9.53. The Labute approximate surface area is 166 Å². The molecule has 0 bridgehead atoms. The smallest absolute Gasteiger partial charge is 0.407 e. The zero-order valence-corrected chi connectivity index (χ0v) is 17.5. The second-order valence-corrected chi connectivity index (χ2v) is 8.06. The van der Waals surface area contributed by atoms with Gasteiger partial charge >= 0.3 is 6.09 Å². The first kappa shape index (κ1) is 19.9. The number of carbonyl (C=O) groups excluding carboxylic acids is 1. The quantitative estimate of drug-likeness (QED) is 0.728. The van der Waals surface area contributed by atoms with E-state index in [-0.39, 0.29) is 6.09 Å². The van der Waals surface area contributed by atoms with Crippen LogP contribution in [-0.4, -0.2) is 32.8 Å². The Morgan fingerprint density at radius 3 is 2.43 bits per heavy atom. The third-order valence-corrected chi connectivity index (χ3v) is 4.39. The maximum Gasteiger partial charge on any atom is 0.407 e. The van der Waals surface area contributed by atoms with Crippen molar-refractivity contribution < 1.29 is 9.53 Å². The number of amides is 1. The molecule has 3 aromatic rings. The minimum absolute atomic E-state index is 0.385. The molecule has 0 saturated heterocycles. The molecule has 6 nitrogen and oxygen atoms in total. The maximum absolute atomic E-state index is 11.7. The lowest BCUT2D eigenvalue weighted by molar-refractivity contribution is 0.0528. The van der Waals surface area contributed by atoms with Gasteiger partial charge in [0.15, 0.2) is 0 Å². The third kappa shape index (κ3) is 4.50. The van der Waals surface area contributed by atoms with Crippen molar-refractivity contribution in [1.82, 2.24) is 19.9 Å². The van der Waals surface area contributed by atoms with Crippen LogP contribution in [0.3, 0.4) is 0 Å². The molecule has 3 rings (SSSR count). The van der Waals surface area contributed by atoms with Gasteiger partial charge in [-0.3, -0.25) is 9.55 Å². The van der Waals surface area contributed by atoms with Crippen LogP contribution in [0.4, 0.5) is 4.79 Å². The predicted molar refractivity (Wildman–Crippen MR) is 111 cm³/mol. The van der Waals surface area contributed by atoms with Gasteiger partial charge in [0.2, 0.25) is 0 Å². The van der Waals surface area contributed by atoms with Crippen LogP contribution in [0, 0.1) is 20.8 Å². The van der Waals surface area contributed by atoms with Crippen molar-refractivity contribution in [2.24, 2.45) is 0 Å². The topological polar surface area (TPSA) is 69.0 Å². The molecule has 6 heteroatoms. The van der Waals surface area contributed by atoms with E-state index in [1.165, 1.54) is 0 Å². The summed E-state index contributed by atoms with van der Waals surface area (Å²) in [5, 5.41) is 2.79. The van der Waals surface area contributed by atoms with Crippen molar-refractivity contribution in [3.63, 3.8) is 0 Å². The van der Waals surface area contributed by atoms with Gasteiger partial charge in [-0.05, 0) is 71.7 Å². The van der Waals surface area contributed by atoms with E-state index in [9.17, 15) is 4.79 Å². The van der Waals surface area contributed by atoms with Crippen molar-refractivity contribution in [3.05, 3.63) is 53.1 Å². The van der Waals surface area contributed by atoms with E-state index in [1.807, 2.05) is 41.5 Å². The summed E-state index contributed by atoms with van der Waals surface area (Å²) in [6.07, 6.45) is 0.356. The lowest BCUT2D eigenvalue weighted by Crippen LogP contribution is -2.33. The van der Waals surface area contributed by atoms with Gasteiger partial charge in [0.1, 0.15) is 16.9 Å². The number of aromatic nitrogens is 3. The lowest BCUT2D eigenvalue weighted by atomic mass is 10.1. The number of rotatable bonds is 4. The normalized spacial score (nSPS) is 11.6. The maximum atomic E-state index is 11.7. The Morgan fingerprint density at radius 1 is 1.11 bits per heavy atom. The van der Waals surface area contributed by atoms with Gasteiger partial charge in [-0.2, -0.15) is 0 Å². The Kier molecular flexibility index (Phi) is 5.40. The van der Waals surface area contributed by atoms with E-state index in [1.54, 1.807) is 0 Å². The van der Waals surface area contributed by atoms with Gasteiger partial charge < -0.3 is 10.1 Å². The molecule has 0 spiro atoms. The highest BCUT2D eigenvalue weighted by Crippen LogP contribution is 2.24. The fourth-order valence-electron chi connectivity index (χ4n) is 3.26. The number of alkyl carbamates (subject to hydrolysis) is 1. The van der Waals surface area contributed by atoms with Gasteiger partial charge in [-0.25, -0.2) is 9.78 Å². The predicted octanol–water partition coefficient (Wildman–Crippen LogP) is 4.41. The third-order valence-electron chi connectivity index (χ3n) is 4.39. The first-order valence-electron chi connectivity index (χ1n) is 9.53. The summed E-state index contributed by atoms with van der Waals surface area (Å²) in [6, 6.07) is 10.4. The largest absolute Gasteiger partial charge is 0.444 e. The molecule has 0 saturated carbocycles. The second-order valence-electron chi connectivity index (χ2n) is 8.06. The molecule has 1 amide bonds. The molecule has 0 unspecified atom stereocenters. The molecule has 0 aliphatic heterocycles. The summed E-state index contributed by atoms with van der Waals surface area (Å²) < 4.78 is 7.40. The molecule has 148 valence electrons. The van der Waals surface area contributed by atoms with E-state index < -0.39 is 5.60 Å². The molecule has 28 heavy (non-hydrogen) atoms. The van der Waals surface area contributed by atoms with Crippen molar-refractivity contribution in [1.29, 1.82) is 0 Å². The van der Waals surface area contributed by atoms with E-state index in [4.69, 9.17) is 4.74 Å². The summed E-state index contributed by atoms with van der Waals surface area (Å²) >= 11 is 0. The molecule has 2 heterocycles. The number of imidazole rings is 1. The Hall–Kier alpha value is -2.89. The highest BCUT2D eigenvalue weighted by molar-refractivity contribution is 5.80. The average Bonchev–Trinajstić information content (AvgIpc) is 2.90. The summed E-state index contributed by atoms with van der Waals surface area (Å²) in [7, 11) is 0. The minimum Gasteiger partial charge on any atom is -0.444 e. The molecule has 0 aliphatic rings. The van der Waals surface area contributed by atoms with Crippen LogP contribution >= 0.6 is 0 Å². The number of pyridine rings is 1. The standard InChI is InChI=1S/C22H28N4O2/c1-14-13-19-20(15(2)24-14)25-16(3)26(19)18-9-7-17(8-10-18)11-12-23-21(27)28-22(4,5)6/h7-10,13H,11-12H2,1-6H3,(H,23,27). The average molecular weight is 380 g/mol. The van der Waals surface area contributed by atoms with Crippen LogP contribution < -0.4 is 5.32 Å². The van der Waals surface area contributed by atoms with E-state index in [0.717, 1.165) is 45.9 Å². The van der Waals surface area contributed by atoms with E-state index in [2.05, 4.69) is 50.2 Å². The summed E-state index contributed by atoms with van der Waals surface area (Å²) in [5.74, 6) is 0.935. The summed E-state index contributed by atoms with van der Waals surface area (Å²) in [5.41, 5.74) is 5.67. The fourth-order valence-corrected chi connectivity index (χ4v) is 3.26. The monoisotopic (exact) mass is 380 g/mol. The number of nitrogens with zero attached hydrogens (tertiary/aromatic N) is 3. The van der Waals surface area contributed by atoms with Crippen LogP contribution in [0.25, 0.3) is 16.7 Å². The van der Waals surface area contributed by atoms with Crippen molar-refractivity contribution in [2.75, 3.05) is 6.54 Å². The van der Waals surface area contributed by atoms with Crippen LogP contribution in [-0.2, 0) is 11.2 Å². The molecule has 0 fully saturated rings.